The van der Waals surface area contributed by atoms with Gasteiger partial charge in [0.05, 0.1) is 17.7 Å². The van der Waals surface area contributed by atoms with Crippen LogP contribution in [0.5, 0.6) is 0 Å². The average molecular weight is 221 g/mol. The van der Waals surface area contributed by atoms with Gasteiger partial charge in [-0.15, -0.1) is 0 Å². The van der Waals surface area contributed by atoms with Crippen LogP contribution in [0.2, 0.25) is 0 Å². The fourth-order valence-corrected chi connectivity index (χ4v) is 1.50. The summed E-state index contributed by atoms with van der Waals surface area (Å²) in [6.45, 7) is 7.84. The van der Waals surface area contributed by atoms with E-state index in [0.717, 1.165) is 11.4 Å². The average Bonchev–Trinajstić information content (AvgIpc) is 2.60. The summed E-state index contributed by atoms with van der Waals surface area (Å²) in [5, 5.41) is 2.88. The van der Waals surface area contributed by atoms with Gasteiger partial charge in [0, 0.05) is 25.1 Å². The molecule has 2 N–H and O–H groups in total. The summed E-state index contributed by atoms with van der Waals surface area (Å²) in [6.07, 6.45) is 3.43. The van der Waals surface area contributed by atoms with Gasteiger partial charge in [0.2, 0.25) is 0 Å². The molecule has 0 saturated carbocycles. The van der Waals surface area contributed by atoms with Gasteiger partial charge in [-0.1, -0.05) is 20.8 Å². The van der Waals surface area contributed by atoms with Crippen LogP contribution in [0.4, 0.5) is 0 Å². The van der Waals surface area contributed by atoms with Crippen molar-refractivity contribution in [1.82, 2.24) is 15.3 Å². The summed E-state index contributed by atoms with van der Waals surface area (Å²) in [7, 11) is 1.73. The van der Waals surface area contributed by atoms with E-state index in [4.69, 9.17) is 0 Å². The molecule has 1 aromatic heterocycles. The lowest BCUT2D eigenvalue weighted by molar-refractivity contribution is -0.113. The van der Waals surface area contributed by atoms with Crippen molar-refractivity contribution in [3.05, 3.63) is 23.4 Å². The molecule has 0 saturated heterocycles. The number of hydrogen-bond acceptors (Lipinski definition) is 3. The Hall–Kier alpha value is -1.58. The van der Waals surface area contributed by atoms with Crippen LogP contribution in [0.1, 0.15) is 39.1 Å². The Balaban J connectivity index is 3.15. The molecule has 0 aliphatic rings. The van der Waals surface area contributed by atoms with Crippen molar-refractivity contribution in [3.63, 3.8) is 0 Å². The Morgan fingerprint density at radius 2 is 2.12 bits per heavy atom. The third-order valence-corrected chi connectivity index (χ3v) is 2.35. The lowest BCUT2D eigenvalue weighted by Crippen LogP contribution is -2.16. The maximum atomic E-state index is 11.3. The van der Waals surface area contributed by atoms with Crippen LogP contribution in [0.3, 0.4) is 0 Å². The Bertz CT molecular complexity index is 410. The van der Waals surface area contributed by atoms with Crippen LogP contribution in [-0.2, 0) is 10.2 Å². The largest absolute Gasteiger partial charge is 0.385 e. The number of imidazole rings is 1. The van der Waals surface area contributed by atoms with E-state index in [-0.39, 0.29) is 11.2 Å². The van der Waals surface area contributed by atoms with Gasteiger partial charge in [-0.05, 0) is 6.08 Å². The van der Waals surface area contributed by atoms with Gasteiger partial charge < -0.3 is 10.3 Å². The molecule has 16 heavy (non-hydrogen) atoms. The zero-order valence-corrected chi connectivity index (χ0v) is 10.5. The quantitative estimate of drug-likeness (QED) is 0.766. The Kier molecular flexibility index (Phi) is 3.52. The lowest BCUT2D eigenvalue weighted by Gasteiger charge is -2.17. The van der Waals surface area contributed by atoms with Crippen LogP contribution in [0.15, 0.2) is 12.0 Å². The minimum absolute atomic E-state index is 0.00496. The first kappa shape index (κ1) is 12.5. The second-order valence-corrected chi connectivity index (χ2v) is 4.78. The Morgan fingerprint density at radius 1 is 1.50 bits per heavy atom. The van der Waals surface area contributed by atoms with E-state index in [9.17, 15) is 4.79 Å². The van der Waals surface area contributed by atoms with Gasteiger partial charge in [0.15, 0.2) is 5.78 Å². The SMILES string of the molecule is CN/C(=C\c1nc[nH]c1C(C)(C)C)C(C)=O. The van der Waals surface area contributed by atoms with Crippen LogP contribution < -0.4 is 5.32 Å². The maximum Gasteiger partial charge on any atom is 0.175 e. The molecule has 0 aliphatic carbocycles. The zero-order valence-electron chi connectivity index (χ0n) is 10.5. The number of hydrogen-bond donors (Lipinski definition) is 2. The second-order valence-electron chi connectivity index (χ2n) is 4.78. The van der Waals surface area contributed by atoms with Crippen molar-refractivity contribution >= 4 is 11.9 Å². The summed E-state index contributed by atoms with van der Waals surface area (Å²) in [5.74, 6) is 0.00496. The maximum absolute atomic E-state index is 11.3. The molecule has 1 heterocycles. The number of carbonyl (C=O) groups is 1. The molecule has 1 rings (SSSR count). The number of nitrogens with one attached hydrogen (secondary N) is 2. The van der Waals surface area contributed by atoms with Gasteiger partial charge in [-0.25, -0.2) is 4.98 Å². The van der Waals surface area contributed by atoms with Crippen LogP contribution in [-0.4, -0.2) is 22.8 Å². The topological polar surface area (TPSA) is 57.8 Å². The molecular formula is C12H19N3O. The molecule has 0 amide bonds. The molecule has 0 aliphatic heterocycles. The van der Waals surface area contributed by atoms with E-state index in [2.05, 4.69) is 36.1 Å². The normalized spacial score (nSPS) is 12.7. The molecule has 0 radical (unpaired) electrons. The van der Waals surface area contributed by atoms with Crippen molar-refractivity contribution < 1.29 is 4.79 Å². The molecule has 88 valence electrons. The Morgan fingerprint density at radius 3 is 2.56 bits per heavy atom. The summed E-state index contributed by atoms with van der Waals surface area (Å²) < 4.78 is 0. The lowest BCUT2D eigenvalue weighted by atomic mass is 9.90. The van der Waals surface area contributed by atoms with Crippen molar-refractivity contribution in [1.29, 1.82) is 0 Å². The number of aromatic amines is 1. The standard InChI is InChI=1S/C12H19N3O/c1-8(16)9(13-5)6-10-11(12(2,3)4)15-7-14-10/h6-7,13H,1-5H3,(H,14,15)/b9-6-. The second kappa shape index (κ2) is 4.51. The smallest absolute Gasteiger partial charge is 0.175 e. The van der Waals surface area contributed by atoms with Crippen LogP contribution in [0.25, 0.3) is 6.08 Å². The molecule has 0 fully saturated rings. The number of rotatable bonds is 3. The van der Waals surface area contributed by atoms with E-state index < -0.39 is 0 Å². The van der Waals surface area contributed by atoms with Gasteiger partial charge in [0.1, 0.15) is 0 Å². The first-order valence-electron chi connectivity index (χ1n) is 5.30. The van der Waals surface area contributed by atoms with Gasteiger partial charge in [-0.3, -0.25) is 4.79 Å². The summed E-state index contributed by atoms with van der Waals surface area (Å²) in [5.41, 5.74) is 2.39. The predicted octanol–water partition coefficient (Wildman–Crippen LogP) is 1.86. The predicted molar refractivity (Wildman–Crippen MR) is 65.0 cm³/mol. The molecule has 0 aromatic carbocycles. The van der Waals surface area contributed by atoms with E-state index in [1.54, 1.807) is 19.5 Å². The monoisotopic (exact) mass is 221 g/mol. The number of nitrogens with zero attached hydrogens (tertiary/aromatic N) is 1. The highest BCUT2D eigenvalue weighted by atomic mass is 16.1. The van der Waals surface area contributed by atoms with E-state index in [1.165, 1.54) is 6.92 Å². The number of ketones is 1. The van der Waals surface area contributed by atoms with Crippen LogP contribution >= 0.6 is 0 Å². The number of H-pyrrole nitrogens is 1. The summed E-state index contributed by atoms with van der Waals surface area (Å²) in [4.78, 5) is 18.6. The van der Waals surface area contributed by atoms with Crippen molar-refractivity contribution in [2.45, 2.75) is 33.1 Å². The molecular weight excluding hydrogens is 202 g/mol. The van der Waals surface area contributed by atoms with Gasteiger partial charge >= 0.3 is 0 Å². The molecule has 0 spiro atoms. The third kappa shape index (κ3) is 2.72. The molecule has 0 atom stereocenters. The molecule has 0 unspecified atom stereocenters. The third-order valence-electron chi connectivity index (χ3n) is 2.35. The first-order valence-corrected chi connectivity index (χ1v) is 5.30. The number of allylic oxidation sites excluding steroid dienone is 1. The molecule has 1 aromatic rings. The molecule has 0 bridgehead atoms. The minimum Gasteiger partial charge on any atom is -0.385 e. The minimum atomic E-state index is -0.0159. The van der Waals surface area contributed by atoms with Crippen molar-refractivity contribution in [2.75, 3.05) is 7.05 Å². The van der Waals surface area contributed by atoms with E-state index >= 15 is 0 Å². The number of likely N-dealkylation sites (N-methyl/N-ethyl adjacent to an activating group) is 1. The number of Topliss-reactive ketones (excluding diaryl/α,β-unsaturated/α-hetero) is 1. The summed E-state index contributed by atoms with van der Waals surface area (Å²) >= 11 is 0. The molecule has 4 heteroatoms. The first-order chi connectivity index (χ1) is 7.36. The highest BCUT2D eigenvalue weighted by molar-refractivity contribution is 5.96. The zero-order chi connectivity index (χ0) is 12.3. The highest BCUT2D eigenvalue weighted by Crippen LogP contribution is 2.24. The fraction of sp³-hybridized carbons (Fsp3) is 0.500. The fourth-order valence-electron chi connectivity index (χ4n) is 1.50. The molecule has 4 nitrogen and oxygen atoms in total. The summed E-state index contributed by atoms with van der Waals surface area (Å²) in [6, 6.07) is 0. The van der Waals surface area contributed by atoms with Gasteiger partial charge in [0.25, 0.3) is 0 Å². The number of aromatic nitrogens is 2. The number of carbonyl (C=O) groups excluding carboxylic acids is 1. The van der Waals surface area contributed by atoms with Crippen LogP contribution in [0, 0.1) is 0 Å². The van der Waals surface area contributed by atoms with Crippen molar-refractivity contribution in [3.8, 4) is 0 Å². The van der Waals surface area contributed by atoms with Gasteiger partial charge in [-0.2, -0.15) is 0 Å². The van der Waals surface area contributed by atoms with Crippen molar-refractivity contribution in [2.24, 2.45) is 0 Å². The van der Waals surface area contributed by atoms with E-state index in [0.29, 0.717) is 5.70 Å². The van der Waals surface area contributed by atoms with E-state index in [1.807, 2.05) is 0 Å². The Labute approximate surface area is 96.2 Å². The highest BCUT2D eigenvalue weighted by Gasteiger charge is 2.19.